The van der Waals surface area contributed by atoms with E-state index in [0.717, 1.165) is 0 Å². The zero-order valence-electron chi connectivity index (χ0n) is 20.4. The van der Waals surface area contributed by atoms with Gasteiger partial charge in [0.25, 0.3) is 5.56 Å². The number of rotatable bonds is 5. The predicted molar refractivity (Wildman–Crippen MR) is 156 cm³/mol. The van der Waals surface area contributed by atoms with Crippen molar-refractivity contribution >= 4 is 52.5 Å². The lowest BCUT2D eigenvalue weighted by atomic mass is 10.2. The minimum atomic E-state index is -0.211. The number of para-hydroxylation sites is 1. The van der Waals surface area contributed by atoms with Crippen LogP contribution in [0.4, 0.5) is 5.82 Å². The first kappa shape index (κ1) is 26.3. The summed E-state index contributed by atoms with van der Waals surface area (Å²) >= 11 is 2.10. The average molecular weight is 622 g/mol. The van der Waals surface area contributed by atoms with Gasteiger partial charge in [0.05, 0.1) is 28.7 Å². The molecular formula is C26H23IN8OS. The van der Waals surface area contributed by atoms with Crippen LogP contribution in [-0.2, 0) is 6.54 Å². The molecule has 0 radical (unpaired) electrons. The molecule has 0 spiro atoms. The van der Waals surface area contributed by atoms with Crippen LogP contribution < -0.4 is 10.5 Å². The number of anilines is 1. The van der Waals surface area contributed by atoms with Crippen LogP contribution in [0.5, 0.6) is 0 Å². The molecule has 9 nitrogen and oxygen atoms in total. The third kappa shape index (κ3) is 5.05. The molecule has 5 rings (SSSR count). The van der Waals surface area contributed by atoms with E-state index in [9.17, 15) is 10.1 Å². The monoisotopic (exact) mass is 622 g/mol. The van der Waals surface area contributed by atoms with Gasteiger partial charge in [-0.3, -0.25) is 9.36 Å². The molecule has 0 fully saturated rings. The van der Waals surface area contributed by atoms with Crippen LogP contribution in [0.2, 0.25) is 0 Å². The Bertz CT molecular complexity index is 1710. The fraction of sp³-hybridized carbons (Fsp3) is 0.192. The van der Waals surface area contributed by atoms with Crippen LogP contribution in [0.3, 0.4) is 0 Å². The first-order valence-electron chi connectivity index (χ1n) is 11.6. The molecule has 0 aliphatic rings. The standard InChI is InChI=1S/C24H17IN8OS.C2H6/c1-2-31(23-20-17(12-26)13-27-22(20)28-15-29-23)14-19-30-32-10-8-16(9-11-35-25)21(32)24(34)33(19)18-6-4-3-5-7-18;1-2/h3-8,10,13,15H,2,14H2,1H3,(H,27,28,29);1-2H3. The summed E-state index contributed by atoms with van der Waals surface area (Å²) in [5, 5.41) is 18.0. The van der Waals surface area contributed by atoms with Crippen molar-refractivity contribution in [3.05, 3.63) is 82.4 Å². The molecule has 0 atom stereocenters. The summed E-state index contributed by atoms with van der Waals surface area (Å²) in [6.45, 7) is 6.84. The second kappa shape index (κ2) is 12.0. The van der Waals surface area contributed by atoms with Crippen molar-refractivity contribution in [2.24, 2.45) is 0 Å². The highest BCUT2D eigenvalue weighted by Crippen LogP contribution is 2.27. The van der Waals surface area contributed by atoms with E-state index in [1.807, 2.05) is 56.0 Å². The van der Waals surface area contributed by atoms with Gasteiger partial charge in [0.15, 0.2) is 5.82 Å². The molecule has 4 aromatic heterocycles. The van der Waals surface area contributed by atoms with Gasteiger partial charge in [0.2, 0.25) is 0 Å². The Morgan fingerprint density at radius 2 is 1.95 bits per heavy atom. The summed E-state index contributed by atoms with van der Waals surface area (Å²) in [4.78, 5) is 27.5. The number of halogens is 1. The number of hydrogen-bond acceptors (Lipinski definition) is 7. The number of H-pyrrole nitrogens is 1. The van der Waals surface area contributed by atoms with Gasteiger partial charge in [-0.25, -0.2) is 14.5 Å². The van der Waals surface area contributed by atoms with E-state index in [-0.39, 0.29) is 12.1 Å². The Hall–Kier alpha value is -3.81. The molecule has 5 aromatic rings. The topological polar surface area (TPSA) is 108 Å². The van der Waals surface area contributed by atoms with Crippen LogP contribution in [0.15, 0.2) is 59.9 Å². The molecule has 0 unspecified atom stereocenters. The van der Waals surface area contributed by atoms with Crippen LogP contribution in [0.25, 0.3) is 22.2 Å². The zero-order valence-corrected chi connectivity index (χ0v) is 23.4. The van der Waals surface area contributed by atoms with E-state index >= 15 is 0 Å². The highest BCUT2D eigenvalue weighted by molar-refractivity contribution is 14.2. The second-order valence-corrected chi connectivity index (χ2v) is 9.15. The summed E-state index contributed by atoms with van der Waals surface area (Å²) in [6, 6.07) is 13.4. The number of nitrogens with zero attached hydrogens (tertiary/aromatic N) is 7. The average Bonchev–Trinajstić information content (AvgIpc) is 3.56. The Kier molecular flexibility index (Phi) is 8.48. The Balaban J connectivity index is 0.00000156. The van der Waals surface area contributed by atoms with Crippen molar-refractivity contribution in [3.8, 4) is 22.9 Å². The summed E-state index contributed by atoms with van der Waals surface area (Å²) in [7, 11) is 1.36. The van der Waals surface area contributed by atoms with Gasteiger partial charge in [-0.1, -0.05) is 38.0 Å². The highest BCUT2D eigenvalue weighted by Gasteiger charge is 2.21. The number of aromatic amines is 1. The fourth-order valence-corrected chi connectivity index (χ4v) is 4.49. The number of nitriles is 1. The molecule has 0 saturated heterocycles. The fourth-order valence-electron chi connectivity index (χ4n) is 4.01. The maximum absolute atomic E-state index is 13.8. The first-order valence-corrected chi connectivity index (χ1v) is 15.0. The van der Waals surface area contributed by atoms with Crippen molar-refractivity contribution < 1.29 is 0 Å². The van der Waals surface area contributed by atoms with E-state index in [4.69, 9.17) is 5.10 Å². The molecule has 1 aromatic carbocycles. The first-order chi connectivity index (χ1) is 18.2. The van der Waals surface area contributed by atoms with Crippen LogP contribution in [0, 0.1) is 22.5 Å². The molecule has 0 bridgehead atoms. The van der Waals surface area contributed by atoms with Gasteiger partial charge >= 0.3 is 0 Å². The van der Waals surface area contributed by atoms with Gasteiger partial charge in [-0.2, -0.15) is 10.4 Å². The third-order valence-corrected chi connectivity index (χ3v) is 6.42. The number of aromatic nitrogens is 6. The largest absolute Gasteiger partial charge is 0.349 e. The van der Waals surface area contributed by atoms with E-state index in [1.165, 1.54) is 15.3 Å². The van der Waals surface area contributed by atoms with Crippen molar-refractivity contribution in [1.29, 1.82) is 5.26 Å². The van der Waals surface area contributed by atoms with E-state index in [0.29, 0.717) is 51.6 Å². The molecule has 37 heavy (non-hydrogen) atoms. The molecule has 4 heterocycles. The van der Waals surface area contributed by atoms with Crippen molar-refractivity contribution in [2.75, 3.05) is 11.4 Å². The summed E-state index contributed by atoms with van der Waals surface area (Å²) < 4.78 is 3.19. The molecule has 0 amide bonds. The van der Waals surface area contributed by atoms with Crippen LogP contribution in [0.1, 0.15) is 37.7 Å². The van der Waals surface area contributed by atoms with E-state index < -0.39 is 0 Å². The molecule has 11 heteroatoms. The van der Waals surface area contributed by atoms with Gasteiger partial charge in [0.1, 0.15) is 29.4 Å². The lowest BCUT2D eigenvalue weighted by Gasteiger charge is -2.24. The summed E-state index contributed by atoms with van der Waals surface area (Å²) in [5.41, 5.74) is 2.57. The number of hydrogen-bond donors (Lipinski definition) is 1. The SMILES string of the molecule is CC.CCN(Cc1nn2ccc(C#CSI)c2c(=O)n1-c1ccccc1)c1ncnc2[nH]cc(C#N)c12. The minimum Gasteiger partial charge on any atom is -0.349 e. The number of nitrogens with one attached hydrogen (secondary N) is 1. The Morgan fingerprint density at radius 1 is 1.16 bits per heavy atom. The summed E-state index contributed by atoms with van der Waals surface area (Å²) in [6.07, 6.45) is 4.83. The lowest BCUT2D eigenvalue weighted by molar-refractivity contribution is 0.685. The third-order valence-electron chi connectivity index (χ3n) is 5.58. The van der Waals surface area contributed by atoms with Crippen molar-refractivity contribution in [3.63, 3.8) is 0 Å². The molecule has 1 N–H and O–H groups in total. The lowest BCUT2D eigenvalue weighted by Crippen LogP contribution is -2.32. The zero-order chi connectivity index (χ0) is 26.4. The summed E-state index contributed by atoms with van der Waals surface area (Å²) in [5.74, 6) is 4.16. The normalized spacial score (nSPS) is 10.4. The molecule has 0 aliphatic heterocycles. The maximum atomic E-state index is 13.8. The van der Waals surface area contributed by atoms with Crippen LogP contribution >= 0.6 is 30.1 Å². The van der Waals surface area contributed by atoms with Crippen LogP contribution in [-0.4, -0.2) is 35.7 Å². The van der Waals surface area contributed by atoms with Crippen molar-refractivity contribution in [1.82, 2.24) is 29.1 Å². The molecular weight excluding hydrogens is 599 g/mol. The smallest absolute Gasteiger partial charge is 0.283 e. The van der Waals surface area contributed by atoms with E-state index in [1.54, 1.807) is 27.5 Å². The minimum absolute atomic E-state index is 0.211. The highest BCUT2D eigenvalue weighted by atomic mass is 127. The van der Waals surface area contributed by atoms with Gasteiger partial charge in [0, 0.05) is 40.1 Å². The van der Waals surface area contributed by atoms with E-state index in [2.05, 4.69) is 53.4 Å². The Labute approximate surface area is 230 Å². The van der Waals surface area contributed by atoms with Gasteiger partial charge < -0.3 is 9.88 Å². The van der Waals surface area contributed by atoms with Crippen molar-refractivity contribution in [2.45, 2.75) is 27.3 Å². The second-order valence-electron chi connectivity index (χ2n) is 7.47. The van der Waals surface area contributed by atoms with Gasteiger partial charge in [-0.15, -0.1) is 0 Å². The number of fused-ring (bicyclic) bond motifs is 2. The van der Waals surface area contributed by atoms with Gasteiger partial charge in [-0.05, 0) is 39.3 Å². The quantitative estimate of drug-likeness (QED) is 0.215. The Morgan fingerprint density at radius 3 is 2.65 bits per heavy atom. The molecule has 0 saturated carbocycles. The molecule has 186 valence electrons. The number of benzene rings is 1. The molecule has 0 aliphatic carbocycles. The predicted octanol–water partition coefficient (Wildman–Crippen LogP) is 5.07. The maximum Gasteiger partial charge on any atom is 0.283 e.